The zero-order valence-electron chi connectivity index (χ0n) is 17.8. The lowest BCUT2D eigenvalue weighted by Gasteiger charge is -2.31. The van der Waals surface area contributed by atoms with Gasteiger partial charge in [-0.1, -0.05) is 51.2 Å². The van der Waals surface area contributed by atoms with Gasteiger partial charge in [0, 0.05) is 19.1 Å². The van der Waals surface area contributed by atoms with E-state index in [1.807, 2.05) is 0 Å². The van der Waals surface area contributed by atoms with Crippen molar-refractivity contribution in [1.82, 2.24) is 9.21 Å². The first-order chi connectivity index (χ1) is 13.9. The van der Waals surface area contributed by atoms with Crippen LogP contribution >= 0.6 is 0 Å². The van der Waals surface area contributed by atoms with Crippen LogP contribution < -0.4 is 5.32 Å². The minimum Gasteiger partial charge on any atom is -0.324 e. The molecule has 0 heterocycles. The van der Waals surface area contributed by atoms with Crippen molar-refractivity contribution in [1.29, 1.82) is 0 Å². The third-order valence-electron chi connectivity index (χ3n) is 6.50. The smallest absolute Gasteiger partial charge is 0.245 e. The Labute approximate surface area is 175 Å². The summed E-state index contributed by atoms with van der Waals surface area (Å²) in [5.41, 5.74) is 0.377. The second-order valence-electron chi connectivity index (χ2n) is 8.36. The van der Waals surface area contributed by atoms with E-state index in [-0.39, 0.29) is 16.8 Å². The maximum atomic E-state index is 13.3. The SMILES string of the molecule is CCN(CC(=O)Nc1ccccc1S(=O)(=O)N(C)C1CCCCC1)C1CCCC1. The Morgan fingerprint density at radius 3 is 2.24 bits per heavy atom. The van der Waals surface area contributed by atoms with Crippen LogP contribution in [0, 0.1) is 0 Å². The normalized spacial score (nSPS) is 19.2. The number of hydrogen-bond donors (Lipinski definition) is 1. The highest BCUT2D eigenvalue weighted by atomic mass is 32.2. The summed E-state index contributed by atoms with van der Waals surface area (Å²) in [7, 11) is -1.99. The predicted octanol–water partition coefficient (Wildman–Crippen LogP) is 3.84. The number of para-hydroxylation sites is 1. The van der Waals surface area contributed by atoms with Crippen molar-refractivity contribution in [2.75, 3.05) is 25.5 Å². The summed E-state index contributed by atoms with van der Waals surface area (Å²) in [6.45, 7) is 3.19. The van der Waals surface area contributed by atoms with Crippen molar-refractivity contribution in [3.63, 3.8) is 0 Å². The molecule has 2 aliphatic rings. The molecule has 0 atom stereocenters. The number of anilines is 1. The quantitative estimate of drug-likeness (QED) is 0.692. The maximum absolute atomic E-state index is 13.3. The molecule has 1 N–H and O–H groups in total. The zero-order chi connectivity index (χ0) is 20.9. The fourth-order valence-electron chi connectivity index (χ4n) is 4.73. The first-order valence-corrected chi connectivity index (χ1v) is 12.5. The van der Waals surface area contributed by atoms with Gasteiger partial charge >= 0.3 is 0 Å². The van der Waals surface area contributed by atoms with Crippen LogP contribution in [0.4, 0.5) is 5.69 Å². The molecule has 0 aliphatic heterocycles. The standard InChI is InChI=1S/C22H35N3O3S/c1-3-25(19-13-7-8-14-19)17-22(26)23-20-15-9-10-16-21(20)29(27,28)24(2)18-11-5-4-6-12-18/h9-10,15-16,18-19H,3-8,11-14,17H2,1-2H3,(H,23,26). The second kappa shape index (κ2) is 10.0. The molecule has 2 aliphatic carbocycles. The average molecular weight is 422 g/mol. The number of sulfonamides is 1. The lowest BCUT2D eigenvalue weighted by molar-refractivity contribution is -0.117. The molecule has 162 valence electrons. The summed E-state index contributed by atoms with van der Waals surface area (Å²) in [5.74, 6) is -0.151. The van der Waals surface area contributed by atoms with E-state index in [1.54, 1.807) is 31.3 Å². The third kappa shape index (κ3) is 5.38. The molecule has 0 unspecified atom stereocenters. The molecule has 0 spiro atoms. The maximum Gasteiger partial charge on any atom is 0.245 e. The van der Waals surface area contributed by atoms with Gasteiger partial charge in [-0.15, -0.1) is 0 Å². The van der Waals surface area contributed by atoms with Gasteiger partial charge < -0.3 is 5.32 Å². The van der Waals surface area contributed by atoms with Crippen molar-refractivity contribution in [3.05, 3.63) is 24.3 Å². The number of hydrogen-bond acceptors (Lipinski definition) is 4. The van der Waals surface area contributed by atoms with E-state index in [4.69, 9.17) is 0 Å². The van der Waals surface area contributed by atoms with Gasteiger partial charge in [-0.3, -0.25) is 9.69 Å². The van der Waals surface area contributed by atoms with Crippen LogP contribution in [0.25, 0.3) is 0 Å². The van der Waals surface area contributed by atoms with E-state index < -0.39 is 10.0 Å². The number of nitrogens with one attached hydrogen (secondary N) is 1. The fraction of sp³-hybridized carbons (Fsp3) is 0.682. The number of benzene rings is 1. The molecule has 1 aromatic carbocycles. The Morgan fingerprint density at radius 1 is 1.00 bits per heavy atom. The first-order valence-electron chi connectivity index (χ1n) is 11.0. The van der Waals surface area contributed by atoms with Crippen LogP contribution in [0.1, 0.15) is 64.7 Å². The molecule has 3 rings (SSSR count). The van der Waals surface area contributed by atoms with Crippen LogP contribution in [-0.2, 0) is 14.8 Å². The van der Waals surface area contributed by atoms with Gasteiger partial charge in [0.25, 0.3) is 0 Å². The molecule has 0 bridgehead atoms. The summed E-state index contributed by atoms with van der Waals surface area (Å²) in [6.07, 6.45) is 9.82. The molecular formula is C22H35N3O3S. The minimum atomic E-state index is -3.66. The topological polar surface area (TPSA) is 69.7 Å². The van der Waals surface area contributed by atoms with E-state index >= 15 is 0 Å². The molecule has 7 heteroatoms. The van der Waals surface area contributed by atoms with Gasteiger partial charge in [0.15, 0.2) is 0 Å². The Kier molecular flexibility index (Phi) is 7.71. The average Bonchev–Trinajstić information content (AvgIpc) is 3.27. The van der Waals surface area contributed by atoms with Crippen LogP contribution in [0.2, 0.25) is 0 Å². The Hall–Kier alpha value is -1.44. The summed E-state index contributed by atoms with van der Waals surface area (Å²) >= 11 is 0. The predicted molar refractivity (Wildman–Crippen MR) is 116 cm³/mol. The van der Waals surface area contributed by atoms with E-state index in [1.165, 1.54) is 23.6 Å². The monoisotopic (exact) mass is 421 g/mol. The van der Waals surface area contributed by atoms with E-state index in [0.717, 1.165) is 45.1 Å². The summed E-state index contributed by atoms with van der Waals surface area (Å²) < 4.78 is 28.1. The largest absolute Gasteiger partial charge is 0.324 e. The summed E-state index contributed by atoms with van der Waals surface area (Å²) in [5, 5.41) is 2.88. The molecule has 0 saturated heterocycles. The molecule has 29 heavy (non-hydrogen) atoms. The van der Waals surface area contributed by atoms with Crippen molar-refractivity contribution in [2.24, 2.45) is 0 Å². The third-order valence-corrected chi connectivity index (χ3v) is 8.47. The van der Waals surface area contributed by atoms with Crippen molar-refractivity contribution < 1.29 is 13.2 Å². The molecule has 1 amide bonds. The number of amides is 1. The number of rotatable bonds is 8. The fourth-order valence-corrected chi connectivity index (χ4v) is 6.29. The van der Waals surface area contributed by atoms with Gasteiger partial charge in [-0.25, -0.2) is 8.42 Å². The number of carbonyl (C=O) groups excluding carboxylic acids is 1. The highest BCUT2D eigenvalue weighted by Crippen LogP contribution is 2.30. The Morgan fingerprint density at radius 2 is 1.59 bits per heavy atom. The van der Waals surface area contributed by atoms with Gasteiger partial charge in [0.2, 0.25) is 15.9 Å². The molecular weight excluding hydrogens is 386 g/mol. The van der Waals surface area contributed by atoms with E-state index in [0.29, 0.717) is 18.3 Å². The molecule has 0 aromatic heterocycles. The van der Waals surface area contributed by atoms with Crippen molar-refractivity contribution in [2.45, 2.75) is 81.7 Å². The van der Waals surface area contributed by atoms with Gasteiger partial charge in [-0.2, -0.15) is 4.31 Å². The number of likely N-dealkylation sites (N-methyl/N-ethyl adjacent to an activating group) is 1. The highest BCUT2D eigenvalue weighted by molar-refractivity contribution is 7.89. The first kappa shape index (κ1) is 22.2. The van der Waals surface area contributed by atoms with Gasteiger partial charge in [-0.05, 0) is 44.4 Å². The summed E-state index contributed by atoms with van der Waals surface area (Å²) in [6, 6.07) is 7.26. The molecule has 2 saturated carbocycles. The highest BCUT2D eigenvalue weighted by Gasteiger charge is 2.31. The van der Waals surface area contributed by atoms with Crippen LogP contribution in [0.3, 0.4) is 0 Å². The van der Waals surface area contributed by atoms with Crippen molar-refractivity contribution in [3.8, 4) is 0 Å². The number of nitrogens with zero attached hydrogens (tertiary/aromatic N) is 2. The number of carbonyl (C=O) groups is 1. The lowest BCUT2D eigenvalue weighted by atomic mass is 9.96. The Balaban J connectivity index is 1.73. The molecule has 6 nitrogen and oxygen atoms in total. The van der Waals surface area contributed by atoms with Gasteiger partial charge in [0.05, 0.1) is 12.2 Å². The van der Waals surface area contributed by atoms with Crippen LogP contribution in [-0.4, -0.2) is 55.8 Å². The summed E-state index contributed by atoms with van der Waals surface area (Å²) in [4.78, 5) is 15.1. The Bertz CT molecular complexity index is 784. The zero-order valence-corrected chi connectivity index (χ0v) is 18.6. The lowest BCUT2D eigenvalue weighted by Crippen LogP contribution is -2.40. The minimum absolute atomic E-state index is 0.0375. The molecule has 0 radical (unpaired) electrons. The van der Waals surface area contributed by atoms with Crippen LogP contribution in [0.5, 0.6) is 0 Å². The van der Waals surface area contributed by atoms with E-state index in [9.17, 15) is 13.2 Å². The molecule has 2 fully saturated rings. The van der Waals surface area contributed by atoms with Crippen molar-refractivity contribution >= 4 is 21.6 Å². The second-order valence-corrected chi connectivity index (χ2v) is 10.3. The van der Waals surface area contributed by atoms with Crippen LogP contribution in [0.15, 0.2) is 29.2 Å². The molecule has 1 aromatic rings. The van der Waals surface area contributed by atoms with E-state index in [2.05, 4.69) is 17.1 Å². The van der Waals surface area contributed by atoms with Gasteiger partial charge in [0.1, 0.15) is 4.90 Å².